The number of hydrogen-bond donors (Lipinski definition) is 0. The molecule has 0 radical (unpaired) electrons. The van der Waals surface area contributed by atoms with E-state index in [1.54, 1.807) is 6.92 Å². The molecule has 2 unspecified atom stereocenters. The molecule has 0 saturated carbocycles. The maximum Gasteiger partial charge on any atom is 0.120 e. The topological polar surface area (TPSA) is 3.24 Å². The van der Waals surface area contributed by atoms with Crippen molar-refractivity contribution in [1.29, 1.82) is 0 Å². The van der Waals surface area contributed by atoms with Gasteiger partial charge in [0.25, 0.3) is 0 Å². The van der Waals surface area contributed by atoms with Crippen molar-refractivity contribution >= 4 is 0 Å². The van der Waals surface area contributed by atoms with Crippen LogP contribution in [0.1, 0.15) is 26.7 Å². The molecule has 0 bridgehead atoms. The number of rotatable bonds is 0. The van der Waals surface area contributed by atoms with Crippen LogP contribution in [0.25, 0.3) is 0 Å². The van der Waals surface area contributed by atoms with E-state index in [0.29, 0.717) is 12.6 Å². The van der Waals surface area contributed by atoms with Gasteiger partial charge < -0.3 is 4.90 Å². The zero-order valence-electron chi connectivity index (χ0n) is 7.02. The molecule has 1 nitrogen and oxygen atoms in total. The van der Waals surface area contributed by atoms with Crippen LogP contribution in [-0.4, -0.2) is 30.2 Å². The lowest BCUT2D eigenvalue weighted by Crippen LogP contribution is -2.45. The second-order valence-electron chi connectivity index (χ2n) is 3.72. The molecule has 1 rings (SSSR count). The minimum Gasteiger partial charge on any atom is -0.301 e. The maximum absolute atomic E-state index is 13.3. The highest BCUT2D eigenvalue weighted by atomic mass is 19.1. The number of hydrogen-bond acceptors (Lipinski definition) is 1. The summed E-state index contributed by atoms with van der Waals surface area (Å²) in [6, 6.07) is 0.559. The zero-order chi connectivity index (χ0) is 7.78. The normalized spacial score (nSPS) is 43.8. The van der Waals surface area contributed by atoms with Crippen LogP contribution in [0.2, 0.25) is 0 Å². The predicted octanol–water partition coefficient (Wildman–Crippen LogP) is 1.83. The summed E-state index contributed by atoms with van der Waals surface area (Å²) >= 11 is 0. The molecule has 1 saturated heterocycles. The standard InChI is InChI=1S/C8H16FN/c1-7-4-5-8(2,9)6-10(7)3/h7H,4-6H2,1-3H3. The first-order valence-corrected chi connectivity index (χ1v) is 3.90. The maximum atomic E-state index is 13.3. The van der Waals surface area contributed by atoms with Gasteiger partial charge in [0.2, 0.25) is 0 Å². The van der Waals surface area contributed by atoms with E-state index in [9.17, 15) is 4.39 Å². The summed E-state index contributed by atoms with van der Waals surface area (Å²) in [5.74, 6) is 0. The molecular weight excluding hydrogens is 129 g/mol. The number of likely N-dealkylation sites (tertiary alicyclic amines) is 1. The lowest BCUT2D eigenvalue weighted by molar-refractivity contribution is 0.0456. The van der Waals surface area contributed by atoms with Crippen molar-refractivity contribution in [2.75, 3.05) is 13.6 Å². The van der Waals surface area contributed by atoms with Gasteiger partial charge in [0.15, 0.2) is 0 Å². The van der Waals surface area contributed by atoms with Crippen molar-refractivity contribution in [3.8, 4) is 0 Å². The van der Waals surface area contributed by atoms with Crippen molar-refractivity contribution < 1.29 is 4.39 Å². The van der Waals surface area contributed by atoms with Gasteiger partial charge in [-0.15, -0.1) is 0 Å². The smallest absolute Gasteiger partial charge is 0.120 e. The molecule has 0 aliphatic carbocycles. The molecule has 0 aromatic carbocycles. The summed E-state index contributed by atoms with van der Waals surface area (Å²) < 4.78 is 13.3. The lowest BCUT2D eigenvalue weighted by Gasteiger charge is -2.37. The summed E-state index contributed by atoms with van der Waals surface area (Å²) in [6.07, 6.45) is 1.71. The lowest BCUT2D eigenvalue weighted by atomic mass is 9.93. The van der Waals surface area contributed by atoms with E-state index < -0.39 is 5.67 Å². The average molecular weight is 145 g/mol. The number of nitrogens with zero attached hydrogens (tertiary/aromatic N) is 1. The summed E-state index contributed by atoms with van der Waals surface area (Å²) in [5, 5.41) is 0. The average Bonchev–Trinajstić information content (AvgIpc) is 1.79. The molecule has 0 aromatic rings. The zero-order valence-corrected chi connectivity index (χ0v) is 7.02. The van der Waals surface area contributed by atoms with Crippen molar-refractivity contribution in [2.45, 2.75) is 38.4 Å². The Hall–Kier alpha value is -0.110. The van der Waals surface area contributed by atoms with Crippen molar-refractivity contribution in [3.63, 3.8) is 0 Å². The van der Waals surface area contributed by atoms with Crippen molar-refractivity contribution in [1.82, 2.24) is 4.90 Å². The Morgan fingerprint density at radius 1 is 1.60 bits per heavy atom. The van der Waals surface area contributed by atoms with Crippen LogP contribution in [0.4, 0.5) is 4.39 Å². The van der Waals surface area contributed by atoms with Gasteiger partial charge in [-0.1, -0.05) is 0 Å². The number of halogens is 1. The summed E-state index contributed by atoms with van der Waals surface area (Å²) in [4.78, 5) is 2.09. The van der Waals surface area contributed by atoms with E-state index in [1.165, 1.54) is 0 Å². The van der Waals surface area contributed by atoms with Gasteiger partial charge >= 0.3 is 0 Å². The van der Waals surface area contributed by atoms with E-state index >= 15 is 0 Å². The molecule has 0 N–H and O–H groups in total. The quantitative estimate of drug-likeness (QED) is 0.502. The third-order valence-electron chi connectivity index (χ3n) is 2.41. The molecule has 0 aromatic heterocycles. The van der Waals surface area contributed by atoms with Crippen molar-refractivity contribution in [2.24, 2.45) is 0 Å². The van der Waals surface area contributed by atoms with Crippen LogP contribution in [0.3, 0.4) is 0 Å². The Kier molecular flexibility index (Phi) is 1.99. The first-order valence-electron chi connectivity index (χ1n) is 3.90. The molecule has 0 spiro atoms. The van der Waals surface area contributed by atoms with Gasteiger partial charge in [0, 0.05) is 12.6 Å². The van der Waals surface area contributed by atoms with Crippen LogP contribution < -0.4 is 0 Å². The van der Waals surface area contributed by atoms with E-state index in [-0.39, 0.29) is 0 Å². The van der Waals surface area contributed by atoms with E-state index in [2.05, 4.69) is 11.8 Å². The van der Waals surface area contributed by atoms with E-state index in [0.717, 1.165) is 12.8 Å². The molecule has 0 amide bonds. The van der Waals surface area contributed by atoms with Gasteiger partial charge in [0.05, 0.1) is 0 Å². The van der Waals surface area contributed by atoms with Gasteiger partial charge in [0.1, 0.15) is 5.67 Å². The third kappa shape index (κ3) is 1.69. The highest BCUT2D eigenvalue weighted by molar-refractivity contribution is 4.85. The monoisotopic (exact) mass is 145 g/mol. The Morgan fingerprint density at radius 3 is 2.60 bits per heavy atom. The first kappa shape index (κ1) is 7.99. The highest BCUT2D eigenvalue weighted by Crippen LogP contribution is 2.26. The largest absolute Gasteiger partial charge is 0.301 e. The van der Waals surface area contributed by atoms with Crippen LogP contribution in [0.15, 0.2) is 0 Å². The van der Waals surface area contributed by atoms with Crippen LogP contribution in [0, 0.1) is 0 Å². The molecule has 1 fully saturated rings. The van der Waals surface area contributed by atoms with Crippen molar-refractivity contribution in [3.05, 3.63) is 0 Å². The molecule has 10 heavy (non-hydrogen) atoms. The molecule has 60 valence electrons. The Bertz CT molecular complexity index is 122. The molecule has 1 aliphatic rings. The van der Waals surface area contributed by atoms with Crippen LogP contribution >= 0.6 is 0 Å². The number of alkyl halides is 1. The first-order chi connectivity index (χ1) is 4.51. The van der Waals surface area contributed by atoms with Crippen LogP contribution in [-0.2, 0) is 0 Å². The number of piperidine rings is 1. The summed E-state index contributed by atoms with van der Waals surface area (Å²) in [5.41, 5.74) is -0.943. The minimum absolute atomic E-state index is 0.559. The van der Waals surface area contributed by atoms with Gasteiger partial charge in [-0.25, -0.2) is 4.39 Å². The van der Waals surface area contributed by atoms with Crippen LogP contribution in [0.5, 0.6) is 0 Å². The summed E-state index contributed by atoms with van der Waals surface area (Å²) in [6.45, 7) is 4.43. The second kappa shape index (κ2) is 2.50. The fourth-order valence-electron chi connectivity index (χ4n) is 1.49. The Labute approximate surface area is 62.2 Å². The molecule has 2 atom stereocenters. The highest BCUT2D eigenvalue weighted by Gasteiger charge is 2.31. The minimum atomic E-state index is -0.943. The molecule has 2 heteroatoms. The third-order valence-corrected chi connectivity index (χ3v) is 2.41. The van der Waals surface area contributed by atoms with E-state index in [4.69, 9.17) is 0 Å². The van der Waals surface area contributed by atoms with E-state index in [1.807, 2.05) is 7.05 Å². The van der Waals surface area contributed by atoms with Gasteiger partial charge in [-0.05, 0) is 33.7 Å². The fourth-order valence-corrected chi connectivity index (χ4v) is 1.49. The molecule has 1 heterocycles. The molecular formula is C8H16FN. The molecule has 1 aliphatic heterocycles. The Morgan fingerprint density at radius 2 is 2.20 bits per heavy atom. The predicted molar refractivity (Wildman–Crippen MR) is 40.8 cm³/mol. The summed E-state index contributed by atoms with van der Waals surface area (Å²) in [7, 11) is 1.99. The van der Waals surface area contributed by atoms with Gasteiger partial charge in [-0.3, -0.25) is 0 Å². The SMILES string of the molecule is CC1CCC(C)(F)CN1C. The second-order valence-corrected chi connectivity index (χ2v) is 3.72. The fraction of sp³-hybridized carbons (Fsp3) is 1.00. The van der Waals surface area contributed by atoms with Gasteiger partial charge in [-0.2, -0.15) is 0 Å². The Balaban J connectivity index is 2.49.